The number of carbonyl (C=O) groups is 1. The summed E-state index contributed by atoms with van der Waals surface area (Å²) in [5.41, 5.74) is 2.46. The van der Waals surface area contributed by atoms with Crippen molar-refractivity contribution < 1.29 is 9.21 Å². The highest BCUT2D eigenvalue weighted by molar-refractivity contribution is 6.29. The van der Waals surface area contributed by atoms with E-state index in [2.05, 4.69) is 24.4 Å². The SMILES string of the molecule is Cc1ccccc1CCNC(=O)c1ccc(Cl)o1. The van der Waals surface area contributed by atoms with Crippen LogP contribution < -0.4 is 5.32 Å². The van der Waals surface area contributed by atoms with E-state index in [0.29, 0.717) is 6.54 Å². The van der Waals surface area contributed by atoms with Crippen LogP contribution in [0, 0.1) is 6.92 Å². The lowest BCUT2D eigenvalue weighted by Gasteiger charge is -2.06. The van der Waals surface area contributed by atoms with E-state index in [1.165, 1.54) is 11.1 Å². The Kier molecular flexibility index (Phi) is 4.05. The van der Waals surface area contributed by atoms with Crippen LogP contribution in [0.4, 0.5) is 0 Å². The van der Waals surface area contributed by atoms with E-state index in [1.54, 1.807) is 12.1 Å². The molecule has 1 aromatic carbocycles. The molecule has 0 saturated heterocycles. The Labute approximate surface area is 111 Å². The fraction of sp³-hybridized carbons (Fsp3) is 0.214. The van der Waals surface area contributed by atoms with Crippen molar-refractivity contribution in [2.45, 2.75) is 13.3 Å². The van der Waals surface area contributed by atoms with Gasteiger partial charge in [0.25, 0.3) is 5.91 Å². The molecule has 0 unspecified atom stereocenters. The molecule has 1 N–H and O–H groups in total. The molecule has 0 spiro atoms. The van der Waals surface area contributed by atoms with Gasteiger partial charge in [-0.3, -0.25) is 4.79 Å². The first-order chi connectivity index (χ1) is 8.66. The van der Waals surface area contributed by atoms with Crippen molar-refractivity contribution in [2.24, 2.45) is 0 Å². The van der Waals surface area contributed by atoms with Crippen molar-refractivity contribution in [3.8, 4) is 0 Å². The van der Waals surface area contributed by atoms with Crippen molar-refractivity contribution in [1.29, 1.82) is 0 Å². The minimum absolute atomic E-state index is 0.221. The van der Waals surface area contributed by atoms with Gasteiger partial charge in [-0.2, -0.15) is 0 Å². The maximum atomic E-state index is 11.7. The van der Waals surface area contributed by atoms with Gasteiger partial charge in [-0.05, 0) is 48.2 Å². The average molecular weight is 264 g/mol. The molecule has 1 heterocycles. The normalized spacial score (nSPS) is 10.3. The number of furan rings is 1. The summed E-state index contributed by atoms with van der Waals surface area (Å²) in [7, 11) is 0. The number of halogens is 1. The molecule has 18 heavy (non-hydrogen) atoms. The van der Waals surface area contributed by atoms with Gasteiger partial charge in [0.15, 0.2) is 11.0 Å². The number of rotatable bonds is 4. The van der Waals surface area contributed by atoms with Crippen LogP contribution in [-0.2, 0) is 6.42 Å². The number of carbonyl (C=O) groups excluding carboxylic acids is 1. The Morgan fingerprint density at radius 3 is 2.72 bits per heavy atom. The summed E-state index contributed by atoms with van der Waals surface area (Å²) in [6.45, 7) is 2.63. The highest BCUT2D eigenvalue weighted by Gasteiger charge is 2.09. The van der Waals surface area contributed by atoms with Gasteiger partial charge in [-0.15, -0.1) is 0 Å². The molecule has 0 fully saturated rings. The van der Waals surface area contributed by atoms with E-state index >= 15 is 0 Å². The number of amides is 1. The first kappa shape index (κ1) is 12.7. The molecule has 3 nitrogen and oxygen atoms in total. The number of hydrogen-bond acceptors (Lipinski definition) is 2. The quantitative estimate of drug-likeness (QED) is 0.920. The molecule has 2 aromatic rings. The third kappa shape index (κ3) is 3.14. The summed E-state index contributed by atoms with van der Waals surface area (Å²) >= 11 is 5.61. The van der Waals surface area contributed by atoms with Gasteiger partial charge in [0.2, 0.25) is 0 Å². The van der Waals surface area contributed by atoms with Crippen LogP contribution in [0.3, 0.4) is 0 Å². The second kappa shape index (κ2) is 5.74. The Morgan fingerprint density at radius 1 is 1.28 bits per heavy atom. The molecule has 0 bridgehead atoms. The molecule has 94 valence electrons. The summed E-state index contributed by atoms with van der Waals surface area (Å²) in [5.74, 6) is 0.000248. The molecular formula is C14H14ClNO2. The zero-order valence-electron chi connectivity index (χ0n) is 10.1. The molecule has 0 saturated carbocycles. The Morgan fingerprint density at radius 2 is 2.06 bits per heavy atom. The molecule has 0 radical (unpaired) electrons. The van der Waals surface area contributed by atoms with Crippen LogP contribution >= 0.6 is 11.6 Å². The van der Waals surface area contributed by atoms with Crippen molar-refractivity contribution in [3.63, 3.8) is 0 Å². The van der Waals surface area contributed by atoms with E-state index in [1.807, 2.05) is 12.1 Å². The molecule has 0 aliphatic heterocycles. The van der Waals surface area contributed by atoms with Gasteiger partial charge in [0.1, 0.15) is 0 Å². The molecule has 1 amide bonds. The van der Waals surface area contributed by atoms with Crippen molar-refractivity contribution in [3.05, 3.63) is 58.5 Å². The second-order valence-electron chi connectivity index (χ2n) is 4.04. The number of nitrogens with one attached hydrogen (secondary N) is 1. The Balaban J connectivity index is 1.86. The van der Waals surface area contributed by atoms with Gasteiger partial charge in [-0.1, -0.05) is 24.3 Å². The van der Waals surface area contributed by atoms with Gasteiger partial charge in [0, 0.05) is 6.54 Å². The number of aryl methyl sites for hydroxylation is 1. The standard InChI is InChI=1S/C14H14ClNO2/c1-10-4-2-3-5-11(10)8-9-16-14(17)12-6-7-13(15)18-12/h2-7H,8-9H2,1H3,(H,16,17). The molecule has 0 atom stereocenters. The molecule has 4 heteroatoms. The van der Waals surface area contributed by atoms with E-state index < -0.39 is 0 Å². The fourth-order valence-electron chi connectivity index (χ4n) is 1.72. The summed E-state index contributed by atoms with van der Waals surface area (Å²) in [4.78, 5) is 11.7. The highest BCUT2D eigenvalue weighted by atomic mass is 35.5. The predicted octanol–water partition coefficient (Wildman–Crippen LogP) is 3.21. The van der Waals surface area contributed by atoms with Crippen LogP contribution in [0.5, 0.6) is 0 Å². The summed E-state index contributed by atoms with van der Waals surface area (Å²) in [6, 6.07) is 11.2. The van der Waals surface area contributed by atoms with E-state index in [0.717, 1.165) is 6.42 Å². The lowest BCUT2D eigenvalue weighted by Crippen LogP contribution is -2.25. The van der Waals surface area contributed by atoms with Gasteiger partial charge in [0.05, 0.1) is 0 Å². The lowest BCUT2D eigenvalue weighted by molar-refractivity contribution is 0.0926. The minimum Gasteiger partial charge on any atom is -0.440 e. The summed E-state index contributed by atoms with van der Waals surface area (Å²) < 4.78 is 5.03. The number of benzene rings is 1. The molecular weight excluding hydrogens is 250 g/mol. The molecule has 2 rings (SSSR count). The number of hydrogen-bond donors (Lipinski definition) is 1. The third-order valence-corrected chi connectivity index (χ3v) is 2.94. The van der Waals surface area contributed by atoms with Crippen molar-refractivity contribution >= 4 is 17.5 Å². The van der Waals surface area contributed by atoms with E-state index in [9.17, 15) is 4.79 Å². The maximum Gasteiger partial charge on any atom is 0.287 e. The summed E-state index contributed by atoms with van der Waals surface area (Å²) in [6.07, 6.45) is 0.798. The van der Waals surface area contributed by atoms with Crippen LogP contribution in [0.25, 0.3) is 0 Å². The van der Waals surface area contributed by atoms with E-state index in [4.69, 9.17) is 16.0 Å². The van der Waals surface area contributed by atoms with Gasteiger partial charge < -0.3 is 9.73 Å². The Bertz CT molecular complexity index is 548. The van der Waals surface area contributed by atoms with E-state index in [-0.39, 0.29) is 16.9 Å². The predicted molar refractivity (Wildman–Crippen MR) is 70.9 cm³/mol. The van der Waals surface area contributed by atoms with Crippen LogP contribution in [-0.4, -0.2) is 12.5 Å². The minimum atomic E-state index is -0.240. The highest BCUT2D eigenvalue weighted by Crippen LogP contribution is 2.13. The Hall–Kier alpha value is -1.74. The third-order valence-electron chi connectivity index (χ3n) is 2.74. The largest absolute Gasteiger partial charge is 0.440 e. The zero-order chi connectivity index (χ0) is 13.0. The van der Waals surface area contributed by atoms with Crippen molar-refractivity contribution in [1.82, 2.24) is 5.32 Å². The van der Waals surface area contributed by atoms with Crippen LogP contribution in [0.1, 0.15) is 21.7 Å². The monoisotopic (exact) mass is 263 g/mol. The fourth-order valence-corrected chi connectivity index (χ4v) is 1.87. The first-order valence-electron chi connectivity index (χ1n) is 5.75. The maximum absolute atomic E-state index is 11.7. The van der Waals surface area contributed by atoms with Gasteiger partial charge >= 0.3 is 0 Å². The first-order valence-corrected chi connectivity index (χ1v) is 6.12. The average Bonchev–Trinajstić information content (AvgIpc) is 2.78. The van der Waals surface area contributed by atoms with Crippen LogP contribution in [0.15, 0.2) is 40.8 Å². The molecule has 1 aromatic heterocycles. The zero-order valence-corrected chi connectivity index (χ0v) is 10.8. The summed E-state index contributed by atoms with van der Waals surface area (Å²) in [5, 5.41) is 3.02. The lowest BCUT2D eigenvalue weighted by atomic mass is 10.1. The van der Waals surface area contributed by atoms with Crippen molar-refractivity contribution in [2.75, 3.05) is 6.54 Å². The van der Waals surface area contributed by atoms with Gasteiger partial charge in [-0.25, -0.2) is 0 Å². The second-order valence-corrected chi connectivity index (χ2v) is 4.41. The van der Waals surface area contributed by atoms with Crippen LogP contribution in [0.2, 0.25) is 5.22 Å². The smallest absolute Gasteiger partial charge is 0.287 e. The molecule has 0 aliphatic rings. The molecule has 0 aliphatic carbocycles. The topological polar surface area (TPSA) is 42.2 Å².